The molecule has 1 N–H and O–H groups in total. The van der Waals surface area contributed by atoms with Gasteiger partial charge in [0.25, 0.3) is 5.91 Å². The summed E-state index contributed by atoms with van der Waals surface area (Å²) < 4.78 is 2.90. The van der Waals surface area contributed by atoms with Crippen LogP contribution in [-0.2, 0) is 6.54 Å². The molecule has 2 rings (SSSR count). The lowest BCUT2D eigenvalue weighted by Crippen LogP contribution is -2.25. The van der Waals surface area contributed by atoms with Crippen molar-refractivity contribution in [3.05, 3.63) is 51.8 Å². The molecule has 0 aliphatic carbocycles. The summed E-state index contributed by atoms with van der Waals surface area (Å²) in [6.07, 6.45) is 2.81. The molecule has 0 unspecified atom stereocenters. The lowest BCUT2D eigenvalue weighted by molar-refractivity contribution is 0.0952. The average Bonchev–Trinajstić information content (AvgIpc) is 2.74. The third kappa shape index (κ3) is 3.93. The van der Waals surface area contributed by atoms with Gasteiger partial charge in [-0.3, -0.25) is 9.48 Å². The molecule has 1 amide bonds. The van der Waals surface area contributed by atoms with E-state index in [1.165, 1.54) is 0 Å². The molecule has 0 bridgehead atoms. The van der Waals surface area contributed by atoms with Crippen LogP contribution in [0.3, 0.4) is 0 Å². The molecule has 1 aromatic heterocycles. The zero-order chi connectivity index (χ0) is 14.5. The SMILES string of the molecule is Cc1ccc(C(=O)NCCCn2cc(Br)c(C)n2)cc1. The van der Waals surface area contributed by atoms with Gasteiger partial charge in [0.15, 0.2) is 0 Å². The smallest absolute Gasteiger partial charge is 0.251 e. The van der Waals surface area contributed by atoms with E-state index < -0.39 is 0 Å². The van der Waals surface area contributed by atoms with Gasteiger partial charge in [-0.25, -0.2) is 0 Å². The molecular formula is C15H18BrN3O. The molecule has 5 heteroatoms. The summed E-state index contributed by atoms with van der Waals surface area (Å²) >= 11 is 3.43. The maximum Gasteiger partial charge on any atom is 0.251 e. The Morgan fingerprint density at radius 2 is 2.00 bits per heavy atom. The van der Waals surface area contributed by atoms with Crippen molar-refractivity contribution in [2.24, 2.45) is 0 Å². The molecule has 0 aliphatic rings. The molecule has 1 aromatic carbocycles. The Balaban J connectivity index is 1.75. The van der Waals surface area contributed by atoms with Gasteiger partial charge in [0.2, 0.25) is 0 Å². The average molecular weight is 336 g/mol. The fourth-order valence-corrected chi connectivity index (χ4v) is 2.17. The Labute approximate surface area is 127 Å². The van der Waals surface area contributed by atoms with Crippen LogP contribution in [0.2, 0.25) is 0 Å². The van der Waals surface area contributed by atoms with Crippen LogP contribution in [0.4, 0.5) is 0 Å². The van der Waals surface area contributed by atoms with Gasteiger partial charge < -0.3 is 5.32 Å². The second kappa shape index (κ2) is 6.70. The van der Waals surface area contributed by atoms with Crippen LogP contribution in [0.5, 0.6) is 0 Å². The fourth-order valence-electron chi connectivity index (χ4n) is 1.86. The predicted molar refractivity (Wildman–Crippen MR) is 82.8 cm³/mol. The topological polar surface area (TPSA) is 46.9 Å². The number of nitrogens with zero attached hydrogens (tertiary/aromatic N) is 2. The summed E-state index contributed by atoms with van der Waals surface area (Å²) in [5, 5.41) is 7.27. The summed E-state index contributed by atoms with van der Waals surface area (Å²) in [6.45, 7) is 5.40. The number of hydrogen-bond donors (Lipinski definition) is 1. The maximum absolute atomic E-state index is 11.9. The number of benzene rings is 1. The Kier molecular flexibility index (Phi) is 4.95. The summed E-state index contributed by atoms with van der Waals surface area (Å²) in [4.78, 5) is 11.9. The third-order valence-electron chi connectivity index (χ3n) is 3.05. The van der Waals surface area contributed by atoms with E-state index in [-0.39, 0.29) is 5.91 Å². The monoisotopic (exact) mass is 335 g/mol. The number of amides is 1. The number of aromatic nitrogens is 2. The van der Waals surface area contributed by atoms with E-state index in [9.17, 15) is 4.79 Å². The van der Waals surface area contributed by atoms with E-state index in [0.717, 1.165) is 28.7 Å². The summed E-state index contributed by atoms with van der Waals surface area (Å²) in [7, 11) is 0. The minimum atomic E-state index is -0.0252. The van der Waals surface area contributed by atoms with Crippen LogP contribution in [-0.4, -0.2) is 22.2 Å². The van der Waals surface area contributed by atoms with Crippen molar-refractivity contribution in [3.63, 3.8) is 0 Å². The molecule has 0 spiro atoms. The minimum Gasteiger partial charge on any atom is -0.352 e. The van der Waals surface area contributed by atoms with E-state index in [4.69, 9.17) is 0 Å². The van der Waals surface area contributed by atoms with Crippen LogP contribution >= 0.6 is 15.9 Å². The van der Waals surface area contributed by atoms with Crippen molar-refractivity contribution >= 4 is 21.8 Å². The standard InChI is InChI=1S/C15H18BrN3O/c1-11-4-6-13(7-5-11)15(20)17-8-3-9-19-10-14(16)12(2)18-19/h4-7,10H,3,8-9H2,1-2H3,(H,17,20). The van der Waals surface area contributed by atoms with Crippen molar-refractivity contribution in [3.8, 4) is 0 Å². The van der Waals surface area contributed by atoms with Crippen LogP contribution in [0.25, 0.3) is 0 Å². The van der Waals surface area contributed by atoms with E-state index in [1.807, 2.05) is 49.0 Å². The normalized spacial score (nSPS) is 10.6. The van der Waals surface area contributed by atoms with Crippen molar-refractivity contribution in [2.75, 3.05) is 6.54 Å². The second-order valence-electron chi connectivity index (χ2n) is 4.80. The molecule has 0 aliphatic heterocycles. The van der Waals surface area contributed by atoms with Gasteiger partial charge in [-0.1, -0.05) is 17.7 Å². The first-order valence-electron chi connectivity index (χ1n) is 6.60. The second-order valence-corrected chi connectivity index (χ2v) is 5.66. The number of halogens is 1. The largest absolute Gasteiger partial charge is 0.352 e. The number of carbonyl (C=O) groups is 1. The number of hydrogen-bond acceptors (Lipinski definition) is 2. The maximum atomic E-state index is 11.9. The van der Waals surface area contributed by atoms with Crippen LogP contribution in [0, 0.1) is 13.8 Å². The highest BCUT2D eigenvalue weighted by Gasteiger charge is 2.04. The molecule has 0 atom stereocenters. The van der Waals surface area contributed by atoms with Crippen LogP contribution in [0.15, 0.2) is 34.9 Å². The van der Waals surface area contributed by atoms with Gasteiger partial charge in [0.05, 0.1) is 10.2 Å². The zero-order valence-corrected chi connectivity index (χ0v) is 13.3. The Morgan fingerprint density at radius 1 is 1.30 bits per heavy atom. The molecule has 20 heavy (non-hydrogen) atoms. The van der Waals surface area contributed by atoms with Crippen molar-refractivity contribution in [2.45, 2.75) is 26.8 Å². The third-order valence-corrected chi connectivity index (χ3v) is 3.83. The molecule has 0 fully saturated rings. The highest BCUT2D eigenvalue weighted by Crippen LogP contribution is 2.13. The van der Waals surface area contributed by atoms with Crippen LogP contribution in [0.1, 0.15) is 28.0 Å². The van der Waals surface area contributed by atoms with Crippen molar-refractivity contribution in [1.29, 1.82) is 0 Å². The summed E-state index contributed by atoms with van der Waals surface area (Å²) in [5.74, 6) is -0.0252. The van der Waals surface area contributed by atoms with Crippen LogP contribution < -0.4 is 5.32 Å². The first-order chi connectivity index (χ1) is 9.56. The predicted octanol–water partition coefficient (Wildman–Crippen LogP) is 3.08. The van der Waals surface area contributed by atoms with E-state index >= 15 is 0 Å². The Hall–Kier alpha value is -1.62. The molecule has 0 saturated carbocycles. The lowest BCUT2D eigenvalue weighted by atomic mass is 10.1. The molecule has 1 heterocycles. The van der Waals surface area contributed by atoms with Gasteiger partial charge in [0.1, 0.15) is 0 Å². The first kappa shape index (κ1) is 14.8. The minimum absolute atomic E-state index is 0.0252. The number of carbonyl (C=O) groups excluding carboxylic acids is 1. The van der Waals surface area contributed by atoms with E-state index in [2.05, 4.69) is 26.3 Å². The highest BCUT2D eigenvalue weighted by molar-refractivity contribution is 9.10. The summed E-state index contributed by atoms with van der Waals surface area (Å²) in [5.41, 5.74) is 2.84. The quantitative estimate of drug-likeness (QED) is 0.853. The molecule has 4 nitrogen and oxygen atoms in total. The molecule has 0 radical (unpaired) electrons. The Bertz CT molecular complexity index is 570. The molecular weight excluding hydrogens is 318 g/mol. The first-order valence-corrected chi connectivity index (χ1v) is 7.40. The van der Waals surface area contributed by atoms with Crippen molar-refractivity contribution < 1.29 is 4.79 Å². The highest BCUT2D eigenvalue weighted by atomic mass is 79.9. The summed E-state index contributed by atoms with van der Waals surface area (Å²) in [6, 6.07) is 7.58. The number of aryl methyl sites for hydroxylation is 3. The lowest BCUT2D eigenvalue weighted by Gasteiger charge is -2.05. The zero-order valence-electron chi connectivity index (χ0n) is 11.7. The molecule has 0 saturated heterocycles. The van der Waals surface area contributed by atoms with Gasteiger partial charge in [-0.15, -0.1) is 0 Å². The van der Waals surface area contributed by atoms with Gasteiger partial charge in [-0.2, -0.15) is 5.10 Å². The van der Waals surface area contributed by atoms with Gasteiger partial charge in [0, 0.05) is 24.8 Å². The fraction of sp³-hybridized carbons (Fsp3) is 0.333. The van der Waals surface area contributed by atoms with E-state index in [1.54, 1.807) is 0 Å². The molecule has 2 aromatic rings. The van der Waals surface area contributed by atoms with E-state index in [0.29, 0.717) is 12.1 Å². The van der Waals surface area contributed by atoms with Gasteiger partial charge in [-0.05, 0) is 48.3 Å². The van der Waals surface area contributed by atoms with Gasteiger partial charge >= 0.3 is 0 Å². The van der Waals surface area contributed by atoms with Crippen molar-refractivity contribution in [1.82, 2.24) is 15.1 Å². The number of rotatable bonds is 5. The molecule has 106 valence electrons. The number of nitrogens with one attached hydrogen (secondary N) is 1. The Morgan fingerprint density at radius 3 is 2.60 bits per heavy atom.